The average molecular weight is 231 g/mol. The largest absolute Gasteiger partial charge is 0.325 e. The molecule has 0 aliphatic carbocycles. The minimum absolute atomic E-state index is 0.147. The summed E-state index contributed by atoms with van der Waals surface area (Å²) in [4.78, 5) is 11.8. The van der Waals surface area contributed by atoms with E-state index >= 15 is 0 Å². The van der Waals surface area contributed by atoms with Crippen LogP contribution in [0.15, 0.2) is 24.3 Å². The maximum atomic E-state index is 11.8. The number of benzene rings is 1. The van der Waals surface area contributed by atoms with Crippen LogP contribution in [0.3, 0.4) is 0 Å². The summed E-state index contributed by atoms with van der Waals surface area (Å²) >= 11 is 0. The molecule has 0 aliphatic heterocycles. The molecule has 0 radical (unpaired) electrons. The molecule has 0 heterocycles. The van der Waals surface area contributed by atoms with E-state index in [1.165, 1.54) is 0 Å². The lowest BCUT2D eigenvalue weighted by Gasteiger charge is -2.17. The Morgan fingerprint density at radius 3 is 2.53 bits per heavy atom. The Morgan fingerprint density at radius 1 is 1.47 bits per heavy atom. The van der Waals surface area contributed by atoms with Crippen molar-refractivity contribution in [1.82, 2.24) is 0 Å². The number of amides is 1. The van der Waals surface area contributed by atoms with Crippen LogP contribution in [0.5, 0.6) is 0 Å². The summed E-state index contributed by atoms with van der Waals surface area (Å²) < 4.78 is 0. The first-order chi connectivity index (χ1) is 8.08. The van der Waals surface area contributed by atoms with E-state index in [1.807, 2.05) is 19.9 Å². The Bertz CT molecular complexity index is 419. The molecule has 0 aliphatic rings. The Labute approximate surface area is 101 Å². The van der Waals surface area contributed by atoms with Crippen LogP contribution in [0.25, 0.3) is 0 Å². The van der Waals surface area contributed by atoms with Gasteiger partial charge in [0.05, 0.1) is 17.7 Å². The van der Waals surface area contributed by atoms with Crippen LogP contribution in [0.1, 0.15) is 25.8 Å². The van der Waals surface area contributed by atoms with Gasteiger partial charge < -0.3 is 11.1 Å². The fourth-order valence-corrected chi connectivity index (χ4v) is 1.37. The molecule has 3 N–H and O–H groups in total. The number of nitriles is 1. The van der Waals surface area contributed by atoms with Gasteiger partial charge in [-0.3, -0.25) is 4.79 Å². The highest BCUT2D eigenvalue weighted by atomic mass is 16.2. The molecule has 0 spiro atoms. The van der Waals surface area contributed by atoms with Crippen LogP contribution in [0, 0.1) is 17.2 Å². The number of rotatable bonds is 4. The van der Waals surface area contributed by atoms with Crippen molar-refractivity contribution in [1.29, 1.82) is 5.26 Å². The van der Waals surface area contributed by atoms with Gasteiger partial charge >= 0.3 is 0 Å². The minimum Gasteiger partial charge on any atom is -0.325 e. The van der Waals surface area contributed by atoms with Crippen LogP contribution < -0.4 is 11.1 Å². The van der Waals surface area contributed by atoms with Crippen molar-refractivity contribution in [3.05, 3.63) is 29.8 Å². The maximum Gasteiger partial charge on any atom is 0.241 e. The van der Waals surface area contributed by atoms with Gasteiger partial charge in [0.15, 0.2) is 0 Å². The fraction of sp³-hybridized carbons (Fsp3) is 0.385. The maximum absolute atomic E-state index is 11.8. The van der Waals surface area contributed by atoms with E-state index in [4.69, 9.17) is 11.0 Å². The molecule has 1 amide bonds. The molecule has 4 heteroatoms. The molecular formula is C13H17N3O. The zero-order valence-corrected chi connectivity index (χ0v) is 10.1. The summed E-state index contributed by atoms with van der Waals surface area (Å²) in [6.07, 6.45) is 0.863. The lowest BCUT2D eigenvalue weighted by atomic mass is 9.99. The lowest BCUT2D eigenvalue weighted by molar-refractivity contribution is -0.118. The first-order valence-corrected chi connectivity index (χ1v) is 5.65. The third-order valence-electron chi connectivity index (χ3n) is 2.84. The standard InChI is InChI=1S/C13H17N3O/c1-3-9(2)12(15)13(17)16-11-6-4-10(8-14)5-7-11/h4-7,9,12H,3,15H2,1-2H3,(H,16,17)/t9?,12-/m0/s1. The zero-order chi connectivity index (χ0) is 12.8. The van der Waals surface area contributed by atoms with E-state index in [1.54, 1.807) is 24.3 Å². The second-order valence-electron chi connectivity index (χ2n) is 4.09. The fourth-order valence-electron chi connectivity index (χ4n) is 1.37. The summed E-state index contributed by atoms with van der Waals surface area (Å²) in [5.41, 5.74) is 7.03. The summed E-state index contributed by atoms with van der Waals surface area (Å²) in [5, 5.41) is 11.4. The molecule has 0 aromatic heterocycles. The summed E-state index contributed by atoms with van der Waals surface area (Å²) in [6.45, 7) is 3.95. The predicted octanol–water partition coefficient (Wildman–Crippen LogP) is 1.87. The minimum atomic E-state index is -0.504. The van der Waals surface area contributed by atoms with Gasteiger partial charge in [-0.2, -0.15) is 5.26 Å². The summed E-state index contributed by atoms with van der Waals surface area (Å²) in [7, 11) is 0. The van der Waals surface area contributed by atoms with E-state index in [0.29, 0.717) is 11.3 Å². The quantitative estimate of drug-likeness (QED) is 0.830. The van der Waals surface area contributed by atoms with Crippen LogP contribution in [-0.4, -0.2) is 11.9 Å². The zero-order valence-electron chi connectivity index (χ0n) is 10.1. The predicted molar refractivity (Wildman–Crippen MR) is 67.2 cm³/mol. The average Bonchev–Trinajstić information content (AvgIpc) is 2.37. The smallest absolute Gasteiger partial charge is 0.241 e. The number of anilines is 1. The van der Waals surface area contributed by atoms with Gasteiger partial charge in [0, 0.05) is 5.69 Å². The second kappa shape index (κ2) is 6.02. The number of carbonyl (C=O) groups excluding carboxylic acids is 1. The van der Waals surface area contributed by atoms with Gasteiger partial charge in [0.25, 0.3) is 0 Å². The number of nitrogens with zero attached hydrogens (tertiary/aromatic N) is 1. The van der Waals surface area contributed by atoms with Crippen LogP contribution in [0.4, 0.5) is 5.69 Å². The molecule has 1 unspecified atom stereocenters. The summed E-state index contributed by atoms with van der Waals surface area (Å²) in [5.74, 6) is -0.0440. The third kappa shape index (κ3) is 3.58. The molecular weight excluding hydrogens is 214 g/mol. The highest BCUT2D eigenvalue weighted by molar-refractivity contribution is 5.94. The molecule has 2 atom stereocenters. The number of hydrogen-bond donors (Lipinski definition) is 2. The Hall–Kier alpha value is -1.86. The monoisotopic (exact) mass is 231 g/mol. The van der Waals surface area contributed by atoms with Crippen LogP contribution in [0.2, 0.25) is 0 Å². The van der Waals surface area contributed by atoms with Crippen molar-refractivity contribution >= 4 is 11.6 Å². The van der Waals surface area contributed by atoms with Gasteiger partial charge in [-0.25, -0.2) is 0 Å². The molecule has 4 nitrogen and oxygen atoms in total. The molecule has 90 valence electrons. The number of hydrogen-bond acceptors (Lipinski definition) is 3. The molecule has 1 rings (SSSR count). The molecule has 1 aromatic rings. The van der Waals surface area contributed by atoms with Gasteiger partial charge in [0.2, 0.25) is 5.91 Å². The Morgan fingerprint density at radius 2 is 2.06 bits per heavy atom. The van der Waals surface area contributed by atoms with E-state index < -0.39 is 6.04 Å². The Balaban J connectivity index is 2.65. The second-order valence-corrected chi connectivity index (χ2v) is 4.09. The third-order valence-corrected chi connectivity index (χ3v) is 2.84. The highest BCUT2D eigenvalue weighted by Crippen LogP contribution is 2.11. The molecule has 17 heavy (non-hydrogen) atoms. The number of nitrogens with one attached hydrogen (secondary N) is 1. The lowest BCUT2D eigenvalue weighted by Crippen LogP contribution is -2.40. The molecule has 0 saturated heterocycles. The molecule has 0 saturated carbocycles. The highest BCUT2D eigenvalue weighted by Gasteiger charge is 2.19. The van der Waals surface area contributed by atoms with Gasteiger partial charge in [-0.1, -0.05) is 20.3 Å². The van der Waals surface area contributed by atoms with Crippen molar-refractivity contribution in [2.24, 2.45) is 11.7 Å². The van der Waals surface area contributed by atoms with Crippen molar-refractivity contribution in [2.45, 2.75) is 26.3 Å². The van der Waals surface area contributed by atoms with E-state index in [-0.39, 0.29) is 11.8 Å². The SMILES string of the molecule is CCC(C)[C@H](N)C(=O)Nc1ccc(C#N)cc1. The number of nitrogens with two attached hydrogens (primary N) is 1. The number of carbonyl (C=O) groups is 1. The van der Waals surface area contributed by atoms with Crippen LogP contribution >= 0.6 is 0 Å². The molecule has 0 fully saturated rings. The van der Waals surface area contributed by atoms with Crippen molar-refractivity contribution in [3.63, 3.8) is 0 Å². The first-order valence-electron chi connectivity index (χ1n) is 5.65. The first kappa shape index (κ1) is 13.2. The summed E-state index contributed by atoms with van der Waals surface area (Å²) in [6, 6.07) is 8.22. The normalized spacial score (nSPS) is 13.5. The van der Waals surface area contributed by atoms with Gasteiger partial charge in [-0.05, 0) is 30.2 Å². The van der Waals surface area contributed by atoms with Gasteiger partial charge in [0.1, 0.15) is 0 Å². The van der Waals surface area contributed by atoms with Crippen molar-refractivity contribution < 1.29 is 4.79 Å². The molecule has 0 bridgehead atoms. The topological polar surface area (TPSA) is 78.9 Å². The van der Waals surface area contributed by atoms with Crippen LogP contribution in [-0.2, 0) is 4.79 Å². The van der Waals surface area contributed by atoms with E-state index in [9.17, 15) is 4.79 Å². The van der Waals surface area contributed by atoms with E-state index in [0.717, 1.165) is 6.42 Å². The Kier molecular flexibility index (Phi) is 4.68. The molecule has 1 aromatic carbocycles. The van der Waals surface area contributed by atoms with Crippen molar-refractivity contribution in [2.75, 3.05) is 5.32 Å². The van der Waals surface area contributed by atoms with Crippen molar-refractivity contribution in [3.8, 4) is 6.07 Å². The van der Waals surface area contributed by atoms with Gasteiger partial charge in [-0.15, -0.1) is 0 Å². The van der Waals surface area contributed by atoms with E-state index in [2.05, 4.69) is 5.32 Å².